The lowest BCUT2D eigenvalue weighted by Gasteiger charge is -2.19. The summed E-state index contributed by atoms with van der Waals surface area (Å²) >= 11 is 0. The first-order chi connectivity index (χ1) is 16.2. The van der Waals surface area contributed by atoms with E-state index in [1.165, 1.54) is 0 Å². The normalized spacial score (nSPS) is 15.9. The molecule has 5 rings (SSSR count). The topological polar surface area (TPSA) is 58.2 Å². The maximum atomic E-state index is 13.0. The van der Waals surface area contributed by atoms with E-state index in [4.69, 9.17) is 0 Å². The molecule has 2 amide bonds. The Morgan fingerprint density at radius 2 is 1.09 bits per heavy atom. The molecule has 162 valence electrons. The minimum atomic E-state index is -0.366. The van der Waals surface area contributed by atoms with E-state index in [0.29, 0.717) is 12.0 Å². The molecular weight excluding hydrogens is 408 g/mol. The van der Waals surface area contributed by atoms with E-state index >= 15 is 0 Å². The fourth-order valence-corrected chi connectivity index (χ4v) is 4.58. The molecule has 1 atom stereocenters. The van der Waals surface area contributed by atoms with Gasteiger partial charge in [0.15, 0.2) is 0 Å². The van der Waals surface area contributed by atoms with E-state index < -0.39 is 0 Å². The van der Waals surface area contributed by atoms with Gasteiger partial charge in [-0.1, -0.05) is 103 Å². The Morgan fingerprint density at radius 3 is 1.64 bits per heavy atom. The minimum Gasteiger partial charge on any atom is -0.273 e. The molecule has 0 aliphatic heterocycles. The van der Waals surface area contributed by atoms with Crippen LogP contribution in [0.25, 0.3) is 11.1 Å². The SMILES string of the molecule is O=C(NNC(=O)[C@@H]1CC1(c1ccccc1)c1ccccc1)c1ccc(-c2ccccc2)cc1. The number of amides is 2. The molecule has 4 heteroatoms. The van der Waals surface area contributed by atoms with Crippen molar-refractivity contribution in [3.8, 4) is 11.1 Å². The van der Waals surface area contributed by atoms with Crippen molar-refractivity contribution in [2.45, 2.75) is 11.8 Å². The maximum Gasteiger partial charge on any atom is 0.269 e. The summed E-state index contributed by atoms with van der Waals surface area (Å²) in [6.07, 6.45) is 0.703. The fourth-order valence-electron chi connectivity index (χ4n) is 4.58. The molecule has 1 fully saturated rings. The van der Waals surface area contributed by atoms with Crippen LogP contribution in [0.3, 0.4) is 0 Å². The largest absolute Gasteiger partial charge is 0.273 e. The molecule has 33 heavy (non-hydrogen) atoms. The Kier molecular flexibility index (Phi) is 5.49. The standard InChI is InChI=1S/C29H24N2O2/c32-27(23-18-16-22(17-19-23)21-10-4-1-5-11-21)30-31-28(33)26-20-29(26,24-12-6-2-7-13-24)25-14-8-3-9-15-25/h1-19,26H,20H2,(H,30,32)(H,31,33)/t26-/m0/s1. The van der Waals surface area contributed by atoms with Crippen LogP contribution in [-0.2, 0) is 10.2 Å². The van der Waals surface area contributed by atoms with Gasteiger partial charge in [0.1, 0.15) is 0 Å². The third kappa shape index (κ3) is 4.03. The van der Waals surface area contributed by atoms with E-state index in [1.807, 2.05) is 78.9 Å². The molecule has 4 aromatic carbocycles. The number of nitrogens with one attached hydrogen (secondary N) is 2. The summed E-state index contributed by atoms with van der Waals surface area (Å²) in [7, 11) is 0. The zero-order chi connectivity index (χ0) is 22.7. The average Bonchev–Trinajstić information content (AvgIpc) is 3.66. The molecule has 4 nitrogen and oxygen atoms in total. The Hall–Kier alpha value is -4.18. The summed E-state index contributed by atoms with van der Waals surface area (Å²) in [6, 6.07) is 37.5. The van der Waals surface area contributed by atoms with Gasteiger partial charge in [0.25, 0.3) is 5.91 Å². The number of rotatable bonds is 5. The van der Waals surface area contributed by atoms with Crippen molar-refractivity contribution >= 4 is 11.8 Å². The van der Waals surface area contributed by atoms with Crippen LogP contribution in [0, 0.1) is 5.92 Å². The maximum absolute atomic E-state index is 13.0. The highest BCUT2D eigenvalue weighted by Crippen LogP contribution is 2.58. The second-order valence-corrected chi connectivity index (χ2v) is 8.35. The first-order valence-corrected chi connectivity index (χ1v) is 11.1. The number of carbonyl (C=O) groups excluding carboxylic acids is 2. The molecule has 1 saturated carbocycles. The molecule has 2 N–H and O–H groups in total. The van der Waals surface area contributed by atoms with Crippen molar-refractivity contribution in [2.75, 3.05) is 0 Å². The molecule has 1 aliphatic rings. The van der Waals surface area contributed by atoms with Gasteiger partial charge in [0.05, 0.1) is 5.92 Å². The second-order valence-electron chi connectivity index (χ2n) is 8.35. The summed E-state index contributed by atoms with van der Waals surface area (Å²) in [6.45, 7) is 0. The van der Waals surface area contributed by atoms with Gasteiger partial charge in [-0.2, -0.15) is 0 Å². The molecule has 0 heterocycles. The van der Waals surface area contributed by atoms with Gasteiger partial charge in [0.2, 0.25) is 5.91 Å². The van der Waals surface area contributed by atoms with E-state index in [1.54, 1.807) is 12.1 Å². The van der Waals surface area contributed by atoms with Crippen molar-refractivity contribution < 1.29 is 9.59 Å². The fraction of sp³-hybridized carbons (Fsp3) is 0.103. The van der Waals surface area contributed by atoms with Gasteiger partial charge in [0, 0.05) is 11.0 Å². The molecule has 0 bridgehead atoms. The Bertz CT molecular complexity index is 1210. The second kappa shape index (κ2) is 8.75. The van der Waals surface area contributed by atoms with Crippen molar-refractivity contribution in [3.05, 3.63) is 132 Å². The highest BCUT2D eigenvalue weighted by Gasteiger charge is 2.60. The van der Waals surface area contributed by atoms with Crippen LogP contribution in [0.4, 0.5) is 0 Å². The van der Waals surface area contributed by atoms with Crippen LogP contribution in [0.1, 0.15) is 27.9 Å². The monoisotopic (exact) mass is 432 g/mol. The van der Waals surface area contributed by atoms with Gasteiger partial charge >= 0.3 is 0 Å². The lowest BCUT2D eigenvalue weighted by atomic mass is 9.85. The molecule has 0 unspecified atom stereocenters. The molecule has 0 spiro atoms. The number of hydrogen-bond acceptors (Lipinski definition) is 2. The van der Waals surface area contributed by atoms with Crippen LogP contribution < -0.4 is 10.9 Å². The van der Waals surface area contributed by atoms with Crippen molar-refractivity contribution in [3.63, 3.8) is 0 Å². The third-order valence-electron chi connectivity index (χ3n) is 6.41. The van der Waals surface area contributed by atoms with Gasteiger partial charge in [-0.3, -0.25) is 20.4 Å². The quantitative estimate of drug-likeness (QED) is 0.430. The van der Waals surface area contributed by atoms with Crippen LogP contribution in [0.2, 0.25) is 0 Å². The first-order valence-electron chi connectivity index (χ1n) is 11.1. The molecule has 0 radical (unpaired) electrons. The van der Waals surface area contributed by atoms with Gasteiger partial charge < -0.3 is 0 Å². The lowest BCUT2D eigenvalue weighted by Crippen LogP contribution is -2.43. The van der Waals surface area contributed by atoms with Crippen LogP contribution in [-0.4, -0.2) is 11.8 Å². The predicted molar refractivity (Wildman–Crippen MR) is 129 cm³/mol. The zero-order valence-electron chi connectivity index (χ0n) is 18.1. The van der Waals surface area contributed by atoms with Gasteiger partial charge in [-0.05, 0) is 40.8 Å². The summed E-state index contributed by atoms with van der Waals surface area (Å²) in [4.78, 5) is 25.6. The predicted octanol–water partition coefficient (Wildman–Crippen LogP) is 5.12. The number of benzene rings is 4. The van der Waals surface area contributed by atoms with Crippen molar-refractivity contribution in [2.24, 2.45) is 5.92 Å². The van der Waals surface area contributed by atoms with Crippen LogP contribution >= 0.6 is 0 Å². The van der Waals surface area contributed by atoms with Crippen LogP contribution in [0.5, 0.6) is 0 Å². The number of hydrogen-bond donors (Lipinski definition) is 2. The molecular formula is C29H24N2O2. The summed E-state index contributed by atoms with van der Waals surface area (Å²) in [5, 5.41) is 0. The van der Waals surface area contributed by atoms with Gasteiger partial charge in [-0.15, -0.1) is 0 Å². The summed E-state index contributed by atoms with van der Waals surface area (Å²) < 4.78 is 0. The number of hydrazine groups is 1. The summed E-state index contributed by atoms with van der Waals surface area (Å²) in [5.74, 6) is -0.770. The van der Waals surface area contributed by atoms with Crippen molar-refractivity contribution in [1.29, 1.82) is 0 Å². The molecule has 1 aliphatic carbocycles. The van der Waals surface area contributed by atoms with E-state index in [9.17, 15) is 9.59 Å². The lowest BCUT2D eigenvalue weighted by molar-refractivity contribution is -0.123. The smallest absolute Gasteiger partial charge is 0.269 e. The summed E-state index contributed by atoms with van der Waals surface area (Å²) in [5.41, 5.74) is 9.69. The minimum absolute atomic E-state index is 0.183. The number of carbonyl (C=O) groups is 2. The van der Waals surface area contributed by atoms with Gasteiger partial charge in [-0.25, -0.2) is 0 Å². The van der Waals surface area contributed by atoms with E-state index in [0.717, 1.165) is 22.3 Å². The average molecular weight is 433 g/mol. The van der Waals surface area contributed by atoms with Crippen molar-refractivity contribution in [1.82, 2.24) is 10.9 Å². The van der Waals surface area contributed by atoms with E-state index in [-0.39, 0.29) is 23.1 Å². The Balaban J connectivity index is 1.27. The van der Waals surface area contributed by atoms with E-state index in [2.05, 4.69) is 35.1 Å². The Labute approximate surface area is 193 Å². The highest BCUT2D eigenvalue weighted by atomic mass is 16.2. The first kappa shape index (κ1) is 20.7. The highest BCUT2D eigenvalue weighted by molar-refractivity contribution is 5.96. The third-order valence-corrected chi connectivity index (χ3v) is 6.41. The molecule has 4 aromatic rings. The molecule has 0 saturated heterocycles. The van der Waals surface area contributed by atoms with Crippen LogP contribution in [0.15, 0.2) is 115 Å². The Morgan fingerprint density at radius 1 is 0.606 bits per heavy atom. The zero-order valence-corrected chi connectivity index (χ0v) is 18.1. The molecule has 0 aromatic heterocycles.